The molecule has 2 heteroatoms. The summed E-state index contributed by atoms with van der Waals surface area (Å²) in [6, 6.07) is 6.73. The van der Waals surface area contributed by atoms with Crippen LogP contribution in [-0.2, 0) is 0 Å². The first-order valence-corrected chi connectivity index (χ1v) is 5.17. The van der Waals surface area contributed by atoms with Gasteiger partial charge in [-0.15, -0.1) is 0 Å². The van der Waals surface area contributed by atoms with Gasteiger partial charge in [0.05, 0.1) is 0 Å². The van der Waals surface area contributed by atoms with E-state index >= 15 is 0 Å². The van der Waals surface area contributed by atoms with Crippen molar-refractivity contribution in [1.29, 1.82) is 0 Å². The van der Waals surface area contributed by atoms with Crippen molar-refractivity contribution >= 4 is 15.9 Å². The van der Waals surface area contributed by atoms with E-state index in [0.717, 1.165) is 11.8 Å². The maximum atomic E-state index is 12.5. The van der Waals surface area contributed by atoms with Crippen molar-refractivity contribution in [3.8, 4) is 0 Å². The Morgan fingerprint density at radius 3 is 2.42 bits per heavy atom. The average Bonchev–Trinajstić information content (AvgIpc) is 2.06. The van der Waals surface area contributed by atoms with E-state index in [2.05, 4.69) is 22.9 Å². The van der Waals surface area contributed by atoms with E-state index in [1.165, 1.54) is 17.7 Å². The summed E-state index contributed by atoms with van der Waals surface area (Å²) >= 11 is 3.39. The standard InChI is InChI=1S/C10H12BrF/c1-8(6-7-11)9-2-4-10(12)5-3-9/h2-5,8H,6-7H2,1H3/t8-/m1/s1. The van der Waals surface area contributed by atoms with Crippen molar-refractivity contribution in [2.24, 2.45) is 0 Å². The summed E-state index contributed by atoms with van der Waals surface area (Å²) in [5.74, 6) is 0.342. The molecular weight excluding hydrogens is 219 g/mol. The molecule has 0 amide bonds. The molecule has 0 nitrogen and oxygen atoms in total. The highest BCUT2D eigenvalue weighted by atomic mass is 79.9. The largest absolute Gasteiger partial charge is 0.207 e. The molecule has 0 aliphatic rings. The summed E-state index contributed by atoms with van der Waals surface area (Å²) in [7, 11) is 0. The van der Waals surface area contributed by atoms with E-state index in [0.29, 0.717) is 5.92 Å². The van der Waals surface area contributed by atoms with Gasteiger partial charge in [0.15, 0.2) is 0 Å². The summed E-state index contributed by atoms with van der Waals surface area (Å²) in [6.07, 6.45) is 1.09. The molecule has 1 rings (SSSR count). The number of benzene rings is 1. The van der Waals surface area contributed by atoms with Gasteiger partial charge in [0.1, 0.15) is 5.82 Å². The van der Waals surface area contributed by atoms with Gasteiger partial charge in [0.2, 0.25) is 0 Å². The highest BCUT2D eigenvalue weighted by molar-refractivity contribution is 9.09. The minimum atomic E-state index is -0.162. The zero-order valence-electron chi connectivity index (χ0n) is 7.06. The molecule has 0 aliphatic heterocycles. The number of hydrogen-bond donors (Lipinski definition) is 0. The molecule has 0 aliphatic carbocycles. The Balaban J connectivity index is 2.68. The lowest BCUT2D eigenvalue weighted by atomic mass is 9.99. The second-order valence-electron chi connectivity index (χ2n) is 2.93. The SMILES string of the molecule is C[C@H](CCBr)c1ccc(F)cc1. The van der Waals surface area contributed by atoms with Crippen molar-refractivity contribution in [3.05, 3.63) is 35.6 Å². The van der Waals surface area contributed by atoms with Gasteiger partial charge in [0, 0.05) is 5.33 Å². The summed E-state index contributed by atoms with van der Waals surface area (Å²) < 4.78 is 12.5. The monoisotopic (exact) mass is 230 g/mol. The average molecular weight is 231 g/mol. The molecule has 1 aromatic carbocycles. The third-order valence-corrected chi connectivity index (χ3v) is 2.44. The zero-order chi connectivity index (χ0) is 8.97. The Morgan fingerprint density at radius 2 is 1.92 bits per heavy atom. The summed E-state index contributed by atoms with van der Waals surface area (Å²) in [6.45, 7) is 2.15. The lowest BCUT2D eigenvalue weighted by molar-refractivity contribution is 0.625. The van der Waals surface area contributed by atoms with Gasteiger partial charge in [-0.05, 0) is 30.0 Å². The van der Waals surface area contributed by atoms with Crippen LogP contribution in [0.4, 0.5) is 4.39 Å². The summed E-state index contributed by atoms with van der Waals surface area (Å²) in [5, 5.41) is 0.992. The molecular formula is C10H12BrF. The molecule has 0 unspecified atom stereocenters. The van der Waals surface area contributed by atoms with E-state index in [9.17, 15) is 4.39 Å². The van der Waals surface area contributed by atoms with Gasteiger partial charge in [0.25, 0.3) is 0 Å². The fraction of sp³-hybridized carbons (Fsp3) is 0.400. The van der Waals surface area contributed by atoms with Crippen molar-refractivity contribution in [1.82, 2.24) is 0 Å². The van der Waals surface area contributed by atoms with E-state index in [1.54, 1.807) is 0 Å². The smallest absolute Gasteiger partial charge is 0.123 e. The Kier molecular flexibility index (Phi) is 3.73. The normalized spacial score (nSPS) is 12.9. The predicted octanol–water partition coefficient (Wildman–Crippen LogP) is 3.71. The fourth-order valence-electron chi connectivity index (χ4n) is 1.12. The minimum Gasteiger partial charge on any atom is -0.207 e. The first kappa shape index (κ1) is 9.72. The number of halogens is 2. The predicted molar refractivity (Wildman–Crippen MR) is 53.2 cm³/mol. The molecule has 0 saturated heterocycles. The van der Waals surface area contributed by atoms with Crippen LogP contribution in [0.25, 0.3) is 0 Å². The lowest BCUT2D eigenvalue weighted by Crippen LogP contribution is -1.93. The number of alkyl halides is 1. The first-order valence-electron chi connectivity index (χ1n) is 4.05. The molecule has 1 aromatic rings. The highest BCUT2D eigenvalue weighted by Crippen LogP contribution is 2.19. The maximum Gasteiger partial charge on any atom is 0.123 e. The van der Waals surface area contributed by atoms with E-state index < -0.39 is 0 Å². The van der Waals surface area contributed by atoms with Crippen LogP contribution in [0.3, 0.4) is 0 Å². The molecule has 0 aromatic heterocycles. The Bertz CT molecular complexity index is 230. The van der Waals surface area contributed by atoms with Crippen LogP contribution in [0.15, 0.2) is 24.3 Å². The maximum absolute atomic E-state index is 12.5. The third-order valence-electron chi connectivity index (χ3n) is 1.98. The topological polar surface area (TPSA) is 0 Å². The van der Waals surface area contributed by atoms with E-state index in [4.69, 9.17) is 0 Å². The molecule has 1 atom stereocenters. The Hall–Kier alpha value is -0.370. The first-order chi connectivity index (χ1) is 5.74. The van der Waals surface area contributed by atoms with E-state index in [1.807, 2.05) is 12.1 Å². The molecule has 0 radical (unpaired) electrons. The van der Waals surface area contributed by atoms with Crippen molar-refractivity contribution in [2.75, 3.05) is 5.33 Å². The quantitative estimate of drug-likeness (QED) is 0.695. The van der Waals surface area contributed by atoms with Crippen molar-refractivity contribution in [3.63, 3.8) is 0 Å². The van der Waals surface area contributed by atoms with Crippen LogP contribution in [0, 0.1) is 5.82 Å². The second kappa shape index (κ2) is 4.61. The van der Waals surface area contributed by atoms with Crippen molar-refractivity contribution < 1.29 is 4.39 Å². The van der Waals surface area contributed by atoms with Gasteiger partial charge in [-0.2, -0.15) is 0 Å². The van der Waals surface area contributed by atoms with Gasteiger partial charge in [-0.3, -0.25) is 0 Å². The second-order valence-corrected chi connectivity index (χ2v) is 3.72. The highest BCUT2D eigenvalue weighted by Gasteiger charge is 2.03. The molecule has 0 N–H and O–H groups in total. The van der Waals surface area contributed by atoms with Gasteiger partial charge in [-0.1, -0.05) is 35.0 Å². The van der Waals surface area contributed by atoms with Crippen LogP contribution in [0.2, 0.25) is 0 Å². The summed E-state index contributed by atoms with van der Waals surface area (Å²) in [5.41, 5.74) is 1.20. The van der Waals surface area contributed by atoms with Gasteiger partial charge < -0.3 is 0 Å². The van der Waals surface area contributed by atoms with E-state index in [-0.39, 0.29) is 5.82 Å². The van der Waals surface area contributed by atoms with Crippen LogP contribution >= 0.6 is 15.9 Å². The molecule has 0 bridgehead atoms. The zero-order valence-corrected chi connectivity index (χ0v) is 8.64. The van der Waals surface area contributed by atoms with Crippen LogP contribution in [0.5, 0.6) is 0 Å². The number of rotatable bonds is 3. The van der Waals surface area contributed by atoms with Crippen LogP contribution in [0.1, 0.15) is 24.8 Å². The van der Waals surface area contributed by atoms with Crippen LogP contribution in [-0.4, -0.2) is 5.33 Å². The minimum absolute atomic E-state index is 0.162. The lowest BCUT2D eigenvalue weighted by Gasteiger charge is -2.08. The Morgan fingerprint density at radius 1 is 1.33 bits per heavy atom. The molecule has 0 spiro atoms. The third kappa shape index (κ3) is 2.59. The van der Waals surface area contributed by atoms with Crippen molar-refractivity contribution in [2.45, 2.75) is 19.3 Å². The molecule has 0 saturated carbocycles. The molecule has 0 fully saturated rings. The molecule has 12 heavy (non-hydrogen) atoms. The molecule has 66 valence electrons. The summed E-state index contributed by atoms with van der Waals surface area (Å²) in [4.78, 5) is 0. The fourth-order valence-corrected chi connectivity index (χ4v) is 1.81. The Labute approximate surface area is 80.9 Å². The molecule has 0 heterocycles. The number of hydrogen-bond acceptors (Lipinski definition) is 0. The van der Waals surface area contributed by atoms with Crippen LogP contribution < -0.4 is 0 Å². The van der Waals surface area contributed by atoms with Gasteiger partial charge in [-0.25, -0.2) is 4.39 Å². The van der Waals surface area contributed by atoms with Gasteiger partial charge >= 0.3 is 0 Å².